The van der Waals surface area contributed by atoms with E-state index in [-0.39, 0.29) is 26.9 Å². The van der Waals surface area contributed by atoms with Gasteiger partial charge in [-0.1, -0.05) is 188 Å². The molecule has 95 heavy (non-hydrogen) atoms. The molecule has 0 amide bonds. The first-order valence-electron chi connectivity index (χ1n) is 33.1. The molecular weight excluding hydrogens is 1150 g/mol. The van der Waals surface area contributed by atoms with Crippen LogP contribution in [0, 0.1) is 0 Å². The fourth-order valence-corrected chi connectivity index (χ4v) is 18.1. The predicted octanol–water partition coefficient (Wildman–Crippen LogP) is 12.9. The number of nitrogens with zero attached hydrogens (tertiary/aromatic N) is 6. The van der Waals surface area contributed by atoms with Crippen LogP contribution in [0.15, 0.2) is 315 Å². The molecule has 436 valence electrons. The molecule has 0 N–H and O–H groups in total. The Morgan fingerprint density at radius 2 is 0.474 bits per heavy atom. The summed E-state index contributed by atoms with van der Waals surface area (Å²) < 4.78 is 7.52. The van der Waals surface area contributed by atoms with Crippen LogP contribution in [-0.4, -0.2) is 26.9 Å². The number of benzene rings is 14. The minimum atomic E-state index is -0.172. The summed E-state index contributed by atoms with van der Waals surface area (Å²) >= 11 is 0. The highest BCUT2D eigenvalue weighted by atomic mass is 16.5. The number of para-hydroxylation sites is 9. The maximum Gasteiger partial charge on any atom is 0.256 e. The lowest BCUT2D eigenvalue weighted by atomic mass is 9.27. The van der Waals surface area contributed by atoms with Crippen LogP contribution in [0.3, 0.4) is 0 Å². The molecule has 0 radical (unpaired) electrons. The van der Waals surface area contributed by atoms with Crippen molar-refractivity contribution in [3.63, 3.8) is 0 Å². The molecule has 0 saturated carbocycles. The number of hydrogen-bond donors (Lipinski definition) is 0. The van der Waals surface area contributed by atoms with Gasteiger partial charge in [0.15, 0.2) is 0 Å². The van der Waals surface area contributed by atoms with E-state index >= 15 is 0 Å². The topological polar surface area (TPSA) is 28.7 Å². The summed E-state index contributed by atoms with van der Waals surface area (Å²) in [6, 6.07) is 118. The molecular formula is C84H52B4N6O. The van der Waals surface area contributed by atoms with Gasteiger partial charge in [0.25, 0.3) is 26.9 Å². The van der Waals surface area contributed by atoms with Gasteiger partial charge in [0, 0.05) is 108 Å². The molecule has 11 heteroatoms. The number of ether oxygens (including phenoxy) is 1. The van der Waals surface area contributed by atoms with Gasteiger partial charge in [0.05, 0.1) is 0 Å². The average Bonchev–Trinajstić information content (AvgIpc) is 0.672. The van der Waals surface area contributed by atoms with Crippen LogP contribution in [-0.2, 0) is 0 Å². The molecule has 0 aromatic heterocycles. The van der Waals surface area contributed by atoms with Crippen molar-refractivity contribution in [2.45, 2.75) is 0 Å². The SMILES string of the molecule is c1ccc(N2c3ccccc3B3c4cc5c(cc4N(c4ccccc4)c4cccc2c43)N(c2ccccc2)c2cc3c4c6c2B5c2ccccc2N6c2cc5c(cc2B4c2ccccc2O3)B2c3ccccc3N(c3ccccc3)c3cccc(c32)N5c2ccccc2)cc1. The highest BCUT2D eigenvalue weighted by Gasteiger charge is 2.54. The van der Waals surface area contributed by atoms with Crippen molar-refractivity contribution >= 4 is 195 Å². The highest BCUT2D eigenvalue weighted by molar-refractivity contribution is 7.06. The summed E-state index contributed by atoms with van der Waals surface area (Å²) in [7, 11) is 0. The normalized spacial score (nSPS) is 14.4. The van der Waals surface area contributed by atoms with Gasteiger partial charge < -0.3 is 34.1 Å². The third-order valence-corrected chi connectivity index (χ3v) is 21.6. The van der Waals surface area contributed by atoms with Crippen LogP contribution in [0.25, 0.3) is 0 Å². The van der Waals surface area contributed by atoms with Crippen molar-refractivity contribution in [2.75, 3.05) is 29.4 Å². The Kier molecular flexibility index (Phi) is 10.5. The second-order valence-electron chi connectivity index (χ2n) is 26.2. The van der Waals surface area contributed by atoms with E-state index in [4.69, 9.17) is 4.74 Å². The molecule has 8 aliphatic rings. The first-order chi connectivity index (χ1) is 47.2. The summed E-state index contributed by atoms with van der Waals surface area (Å²) in [6.45, 7) is -0.501. The summed E-state index contributed by atoms with van der Waals surface area (Å²) in [5, 5.41) is 0. The lowest BCUT2D eigenvalue weighted by molar-refractivity contribution is 0.488. The van der Waals surface area contributed by atoms with E-state index in [0.29, 0.717) is 0 Å². The summed E-state index contributed by atoms with van der Waals surface area (Å²) in [4.78, 5) is 15.3. The van der Waals surface area contributed by atoms with Crippen LogP contribution in [0.4, 0.5) is 102 Å². The predicted molar refractivity (Wildman–Crippen MR) is 400 cm³/mol. The van der Waals surface area contributed by atoms with Crippen molar-refractivity contribution < 1.29 is 4.74 Å². The van der Waals surface area contributed by atoms with E-state index in [0.717, 1.165) is 57.0 Å². The average molecular weight is 1200 g/mol. The molecule has 14 aromatic carbocycles. The molecule has 8 aliphatic heterocycles. The molecule has 0 aliphatic carbocycles. The molecule has 14 aromatic rings. The molecule has 7 nitrogen and oxygen atoms in total. The molecule has 0 unspecified atom stereocenters. The van der Waals surface area contributed by atoms with Gasteiger partial charge >= 0.3 is 0 Å². The molecule has 0 atom stereocenters. The standard InChI is InChI=1S/C84H52B4N6O/c1-6-26-53(27-7-1)89-66-40-20-16-36-58(66)85-62-48-64-75(50-73(62)91(55-30-10-3-11-31-55)71-45-24-43-69(89)80(71)85)93(57-34-14-5-15-35-57)77-52-79-83-84-82(77)87(64)60-38-18-22-42-68(60)94(84)76-51-74-63(49-65(76)88(83)61-39-19-23-47-78(61)95-79)86-59-37-17-21-41-67(59)90(54-28-8-2-9-29-54)70-44-25-46-72(81(70)86)92(74)56-32-12-4-13-33-56/h1-52H. The van der Waals surface area contributed by atoms with Gasteiger partial charge in [0.2, 0.25) is 0 Å². The summed E-state index contributed by atoms with van der Waals surface area (Å²) in [6.07, 6.45) is 0. The Morgan fingerprint density at radius 3 is 0.884 bits per heavy atom. The minimum Gasteiger partial charge on any atom is -0.458 e. The zero-order valence-corrected chi connectivity index (χ0v) is 51.4. The third kappa shape index (κ3) is 6.88. The molecule has 0 spiro atoms. The van der Waals surface area contributed by atoms with Gasteiger partial charge in [-0.2, -0.15) is 0 Å². The second kappa shape index (κ2) is 19.3. The Labute approximate surface area is 552 Å². The zero-order chi connectivity index (χ0) is 61.7. The number of fused-ring (bicyclic) bond motifs is 18. The molecule has 0 fully saturated rings. The Balaban J connectivity index is 0.830. The smallest absolute Gasteiger partial charge is 0.256 e. The van der Waals surface area contributed by atoms with Gasteiger partial charge in [-0.05, 0) is 187 Å². The van der Waals surface area contributed by atoms with Gasteiger partial charge in [0.1, 0.15) is 11.5 Å². The van der Waals surface area contributed by atoms with Crippen LogP contribution < -0.4 is 99.7 Å². The van der Waals surface area contributed by atoms with E-state index in [1.807, 2.05) is 0 Å². The molecule has 0 saturated heterocycles. The Morgan fingerprint density at radius 1 is 0.179 bits per heavy atom. The van der Waals surface area contributed by atoms with Gasteiger partial charge in [-0.25, -0.2) is 0 Å². The fourth-order valence-electron chi connectivity index (χ4n) is 18.1. The Bertz CT molecular complexity index is 5630. The summed E-state index contributed by atoms with van der Waals surface area (Å²) in [5.41, 5.74) is 36.0. The molecule has 22 rings (SSSR count). The Hall–Kier alpha value is -12.1. The van der Waals surface area contributed by atoms with Crippen molar-refractivity contribution in [3.05, 3.63) is 315 Å². The van der Waals surface area contributed by atoms with Crippen LogP contribution in [0.1, 0.15) is 0 Å². The van der Waals surface area contributed by atoms with Crippen LogP contribution >= 0.6 is 0 Å². The quantitative estimate of drug-likeness (QED) is 0.159. The lowest BCUT2D eigenvalue weighted by Gasteiger charge is -2.50. The zero-order valence-electron chi connectivity index (χ0n) is 51.4. The van der Waals surface area contributed by atoms with Gasteiger partial charge in [-0.15, -0.1) is 0 Å². The number of anilines is 18. The van der Waals surface area contributed by atoms with E-state index in [1.165, 1.54) is 122 Å². The van der Waals surface area contributed by atoms with Crippen molar-refractivity contribution in [1.82, 2.24) is 0 Å². The number of rotatable bonds is 5. The maximum absolute atomic E-state index is 7.52. The lowest BCUT2D eigenvalue weighted by Crippen LogP contribution is -2.69. The highest BCUT2D eigenvalue weighted by Crippen LogP contribution is 2.53. The van der Waals surface area contributed by atoms with E-state index < -0.39 is 0 Å². The largest absolute Gasteiger partial charge is 0.458 e. The van der Waals surface area contributed by atoms with E-state index in [2.05, 4.69) is 345 Å². The van der Waals surface area contributed by atoms with Crippen molar-refractivity contribution in [2.24, 2.45) is 0 Å². The number of hydrogen-bond acceptors (Lipinski definition) is 7. The molecule has 8 heterocycles. The van der Waals surface area contributed by atoms with Crippen molar-refractivity contribution in [1.29, 1.82) is 0 Å². The second-order valence-corrected chi connectivity index (χ2v) is 26.2. The first kappa shape index (κ1) is 51.5. The minimum absolute atomic E-state index is 0.0737. The van der Waals surface area contributed by atoms with E-state index in [9.17, 15) is 0 Å². The maximum atomic E-state index is 7.52. The fraction of sp³-hybridized carbons (Fsp3) is 0. The van der Waals surface area contributed by atoms with Crippen molar-refractivity contribution in [3.8, 4) is 11.5 Å². The third-order valence-electron chi connectivity index (χ3n) is 21.6. The molecule has 0 bridgehead atoms. The van der Waals surface area contributed by atoms with Crippen LogP contribution in [0.5, 0.6) is 11.5 Å². The van der Waals surface area contributed by atoms with Gasteiger partial charge in [-0.3, -0.25) is 0 Å². The first-order valence-corrected chi connectivity index (χ1v) is 33.1. The summed E-state index contributed by atoms with van der Waals surface area (Å²) in [5.74, 6) is 1.76. The van der Waals surface area contributed by atoms with Crippen LogP contribution in [0.2, 0.25) is 0 Å². The monoisotopic (exact) mass is 1200 g/mol. The van der Waals surface area contributed by atoms with E-state index in [1.54, 1.807) is 0 Å².